The largest absolute Gasteiger partial charge is 0.314 e. The molecule has 1 aromatic heterocycles. The molecule has 1 N–H and O–H groups in total. The highest BCUT2D eigenvalue weighted by Crippen LogP contribution is 2.23. The van der Waals surface area contributed by atoms with Gasteiger partial charge in [-0.15, -0.1) is 0 Å². The molecule has 1 atom stereocenters. The van der Waals surface area contributed by atoms with E-state index in [0.717, 1.165) is 32.2 Å². The highest BCUT2D eigenvalue weighted by atomic mass is 15.3. The minimum atomic E-state index is 0.300. The minimum Gasteiger partial charge on any atom is -0.314 e. The predicted molar refractivity (Wildman–Crippen MR) is 87.1 cm³/mol. The van der Waals surface area contributed by atoms with Gasteiger partial charge in [0.15, 0.2) is 0 Å². The Morgan fingerprint density at radius 2 is 1.85 bits per heavy atom. The van der Waals surface area contributed by atoms with Crippen LogP contribution >= 0.6 is 0 Å². The van der Waals surface area contributed by atoms with Crippen LogP contribution in [0.2, 0.25) is 0 Å². The fourth-order valence-electron chi connectivity index (χ4n) is 2.76. The summed E-state index contributed by atoms with van der Waals surface area (Å²) in [7, 11) is 0. The second kappa shape index (κ2) is 7.82. The van der Waals surface area contributed by atoms with Crippen LogP contribution < -0.4 is 5.32 Å². The van der Waals surface area contributed by atoms with Gasteiger partial charge in [-0.1, -0.05) is 41.5 Å². The maximum absolute atomic E-state index is 4.76. The zero-order valence-electron chi connectivity index (χ0n) is 14.2. The van der Waals surface area contributed by atoms with Crippen molar-refractivity contribution >= 4 is 0 Å². The van der Waals surface area contributed by atoms with E-state index in [1.54, 1.807) is 0 Å². The van der Waals surface area contributed by atoms with E-state index in [4.69, 9.17) is 5.10 Å². The summed E-state index contributed by atoms with van der Waals surface area (Å²) >= 11 is 0. The average Bonchev–Trinajstić information content (AvgIpc) is 2.83. The Labute approximate surface area is 125 Å². The first-order valence-corrected chi connectivity index (χ1v) is 8.19. The van der Waals surface area contributed by atoms with Gasteiger partial charge in [0.25, 0.3) is 0 Å². The molecule has 0 aromatic carbocycles. The third-order valence-electron chi connectivity index (χ3n) is 4.17. The highest BCUT2D eigenvalue weighted by Gasteiger charge is 2.23. The van der Waals surface area contributed by atoms with Crippen LogP contribution in [0.5, 0.6) is 0 Å². The van der Waals surface area contributed by atoms with Crippen molar-refractivity contribution < 1.29 is 0 Å². The van der Waals surface area contributed by atoms with Gasteiger partial charge >= 0.3 is 0 Å². The summed E-state index contributed by atoms with van der Waals surface area (Å²) < 4.78 is 2.15. The topological polar surface area (TPSA) is 29.9 Å². The van der Waals surface area contributed by atoms with Crippen molar-refractivity contribution in [2.45, 2.75) is 79.3 Å². The van der Waals surface area contributed by atoms with Gasteiger partial charge in [0.2, 0.25) is 0 Å². The highest BCUT2D eigenvalue weighted by molar-refractivity contribution is 5.01. The summed E-state index contributed by atoms with van der Waals surface area (Å²) in [5, 5.41) is 8.37. The number of aromatic nitrogens is 2. The lowest BCUT2D eigenvalue weighted by Gasteiger charge is -2.31. The van der Waals surface area contributed by atoms with E-state index < -0.39 is 0 Å². The standard InChI is InChI=1S/C17H33N3/c1-7-15(8-2)20-13-12-14(19-20)10-11-16(18-9-3)17(4,5)6/h12-13,15-16,18H,7-11H2,1-6H3. The van der Waals surface area contributed by atoms with Gasteiger partial charge in [-0.25, -0.2) is 0 Å². The van der Waals surface area contributed by atoms with Gasteiger partial charge < -0.3 is 5.32 Å². The number of rotatable bonds is 8. The lowest BCUT2D eigenvalue weighted by molar-refractivity contribution is 0.257. The first kappa shape index (κ1) is 17.2. The zero-order chi connectivity index (χ0) is 15.2. The molecule has 0 fully saturated rings. The Balaban J connectivity index is 2.60. The summed E-state index contributed by atoms with van der Waals surface area (Å²) in [4.78, 5) is 0. The van der Waals surface area contributed by atoms with Crippen LogP contribution in [0.1, 0.15) is 72.5 Å². The summed E-state index contributed by atoms with van der Waals surface area (Å²) in [6, 6.07) is 3.28. The quantitative estimate of drug-likeness (QED) is 0.773. The molecular weight excluding hydrogens is 246 g/mol. The molecule has 1 rings (SSSR count). The van der Waals surface area contributed by atoms with Crippen LogP contribution in [-0.4, -0.2) is 22.4 Å². The molecule has 0 saturated heterocycles. The molecule has 0 radical (unpaired) electrons. The Hall–Kier alpha value is -0.830. The molecule has 20 heavy (non-hydrogen) atoms. The van der Waals surface area contributed by atoms with Crippen LogP contribution in [0.3, 0.4) is 0 Å². The van der Waals surface area contributed by atoms with E-state index in [-0.39, 0.29) is 0 Å². The molecule has 116 valence electrons. The summed E-state index contributed by atoms with van der Waals surface area (Å²) in [5.74, 6) is 0. The van der Waals surface area contributed by atoms with Gasteiger partial charge in [-0.3, -0.25) is 4.68 Å². The van der Waals surface area contributed by atoms with Crippen LogP contribution in [-0.2, 0) is 6.42 Å². The van der Waals surface area contributed by atoms with Crippen molar-refractivity contribution in [3.05, 3.63) is 18.0 Å². The van der Waals surface area contributed by atoms with Crippen molar-refractivity contribution in [2.75, 3.05) is 6.54 Å². The second-order valence-electron chi connectivity index (χ2n) is 6.77. The molecule has 0 saturated carbocycles. The van der Waals surface area contributed by atoms with Crippen LogP contribution in [0, 0.1) is 5.41 Å². The van der Waals surface area contributed by atoms with Gasteiger partial charge in [-0.2, -0.15) is 5.10 Å². The van der Waals surface area contributed by atoms with E-state index in [9.17, 15) is 0 Å². The fourth-order valence-corrected chi connectivity index (χ4v) is 2.76. The van der Waals surface area contributed by atoms with E-state index in [1.165, 1.54) is 5.69 Å². The van der Waals surface area contributed by atoms with E-state index in [2.05, 4.69) is 63.8 Å². The van der Waals surface area contributed by atoms with Crippen LogP contribution in [0.25, 0.3) is 0 Å². The molecule has 0 aliphatic carbocycles. The number of hydrogen-bond donors (Lipinski definition) is 1. The lowest BCUT2D eigenvalue weighted by atomic mass is 9.84. The normalized spacial score (nSPS) is 13.9. The molecule has 1 unspecified atom stereocenters. The second-order valence-corrected chi connectivity index (χ2v) is 6.77. The van der Waals surface area contributed by atoms with Gasteiger partial charge in [0, 0.05) is 12.2 Å². The Kier molecular flexibility index (Phi) is 6.74. The van der Waals surface area contributed by atoms with Crippen LogP contribution in [0.4, 0.5) is 0 Å². The Morgan fingerprint density at radius 1 is 1.20 bits per heavy atom. The monoisotopic (exact) mass is 279 g/mol. The first-order chi connectivity index (χ1) is 9.42. The molecule has 0 aliphatic rings. The van der Waals surface area contributed by atoms with E-state index in [0.29, 0.717) is 17.5 Å². The third kappa shape index (κ3) is 4.93. The average molecular weight is 279 g/mol. The first-order valence-electron chi connectivity index (χ1n) is 8.19. The van der Waals surface area contributed by atoms with E-state index in [1.807, 2.05) is 0 Å². The van der Waals surface area contributed by atoms with Crippen molar-refractivity contribution in [3.63, 3.8) is 0 Å². The van der Waals surface area contributed by atoms with Crippen LogP contribution in [0.15, 0.2) is 12.3 Å². The summed E-state index contributed by atoms with van der Waals surface area (Å²) in [6.45, 7) is 14.6. The SMILES string of the molecule is CCNC(CCc1ccn(C(CC)CC)n1)C(C)(C)C. The van der Waals surface area contributed by atoms with Crippen molar-refractivity contribution in [1.82, 2.24) is 15.1 Å². The third-order valence-corrected chi connectivity index (χ3v) is 4.17. The predicted octanol–water partition coefficient (Wildman–Crippen LogP) is 4.20. The number of aryl methyl sites for hydroxylation is 1. The summed E-state index contributed by atoms with van der Waals surface area (Å²) in [6.07, 6.45) is 6.66. The molecule has 1 heterocycles. The maximum Gasteiger partial charge on any atom is 0.0625 e. The Bertz CT molecular complexity index is 372. The van der Waals surface area contributed by atoms with Gasteiger partial charge in [-0.05, 0) is 43.7 Å². The molecule has 0 spiro atoms. The minimum absolute atomic E-state index is 0.300. The number of nitrogens with one attached hydrogen (secondary N) is 1. The smallest absolute Gasteiger partial charge is 0.0625 e. The number of nitrogens with zero attached hydrogens (tertiary/aromatic N) is 2. The van der Waals surface area contributed by atoms with Gasteiger partial charge in [0.05, 0.1) is 11.7 Å². The molecule has 0 aliphatic heterocycles. The van der Waals surface area contributed by atoms with Crippen molar-refractivity contribution in [2.24, 2.45) is 5.41 Å². The van der Waals surface area contributed by atoms with E-state index >= 15 is 0 Å². The number of hydrogen-bond acceptors (Lipinski definition) is 2. The molecule has 3 nitrogen and oxygen atoms in total. The zero-order valence-corrected chi connectivity index (χ0v) is 14.2. The van der Waals surface area contributed by atoms with Gasteiger partial charge in [0.1, 0.15) is 0 Å². The Morgan fingerprint density at radius 3 is 2.35 bits per heavy atom. The molecule has 3 heteroatoms. The summed E-state index contributed by atoms with van der Waals surface area (Å²) in [5.41, 5.74) is 1.53. The van der Waals surface area contributed by atoms with Crippen molar-refractivity contribution in [1.29, 1.82) is 0 Å². The molecule has 1 aromatic rings. The molecule has 0 bridgehead atoms. The maximum atomic E-state index is 4.76. The molecular formula is C17H33N3. The molecule has 0 amide bonds. The fraction of sp³-hybridized carbons (Fsp3) is 0.824. The lowest BCUT2D eigenvalue weighted by Crippen LogP contribution is -2.40. The van der Waals surface area contributed by atoms with Crippen molar-refractivity contribution in [3.8, 4) is 0 Å².